The molecule has 0 aliphatic rings. The highest BCUT2D eigenvalue weighted by Gasteiger charge is 2.18. The van der Waals surface area contributed by atoms with E-state index in [1.54, 1.807) is 31.3 Å². The fourth-order valence-corrected chi connectivity index (χ4v) is 2.20. The van der Waals surface area contributed by atoms with E-state index >= 15 is 0 Å². The molecule has 24 heavy (non-hydrogen) atoms. The molecular formula is C18H19FN2O3. The van der Waals surface area contributed by atoms with Crippen molar-refractivity contribution in [1.29, 1.82) is 0 Å². The number of ether oxygens (including phenoxy) is 1. The molecule has 0 radical (unpaired) electrons. The monoisotopic (exact) mass is 330 g/mol. The minimum atomic E-state index is -0.482. The number of esters is 1. The average molecular weight is 330 g/mol. The molecule has 0 fully saturated rings. The zero-order valence-corrected chi connectivity index (χ0v) is 13.4. The van der Waals surface area contributed by atoms with Crippen molar-refractivity contribution < 1.29 is 18.7 Å². The van der Waals surface area contributed by atoms with Gasteiger partial charge in [-0.25, -0.2) is 4.39 Å². The number of amides is 1. The zero-order chi connectivity index (χ0) is 17.4. The molecule has 0 aliphatic carbocycles. The van der Waals surface area contributed by atoms with Crippen LogP contribution in [0.4, 0.5) is 4.39 Å². The quantitative estimate of drug-likeness (QED) is 0.733. The Morgan fingerprint density at radius 3 is 2.71 bits per heavy atom. The Balaban J connectivity index is 2.14. The molecule has 1 aromatic heterocycles. The highest BCUT2D eigenvalue weighted by molar-refractivity contribution is 5.94. The van der Waals surface area contributed by atoms with E-state index in [2.05, 4.69) is 4.98 Å². The number of nitrogens with zero attached hydrogens (tertiary/aromatic N) is 2. The number of carbonyl (C=O) groups excluding carboxylic acids is 2. The van der Waals surface area contributed by atoms with Crippen molar-refractivity contribution >= 4 is 11.9 Å². The topological polar surface area (TPSA) is 59.5 Å². The third kappa shape index (κ3) is 5.15. The van der Waals surface area contributed by atoms with E-state index in [0.29, 0.717) is 5.69 Å². The maximum atomic E-state index is 13.4. The van der Waals surface area contributed by atoms with Crippen molar-refractivity contribution in [2.24, 2.45) is 0 Å². The van der Waals surface area contributed by atoms with Crippen molar-refractivity contribution in [1.82, 2.24) is 9.88 Å². The van der Waals surface area contributed by atoms with Gasteiger partial charge >= 0.3 is 5.97 Å². The molecule has 2 rings (SSSR count). The van der Waals surface area contributed by atoms with E-state index in [0.717, 1.165) is 0 Å². The predicted molar refractivity (Wildman–Crippen MR) is 86.6 cm³/mol. The number of benzene rings is 1. The van der Waals surface area contributed by atoms with Crippen LogP contribution in [0.3, 0.4) is 0 Å². The second-order valence-electron chi connectivity index (χ2n) is 5.11. The first-order valence-corrected chi connectivity index (χ1v) is 7.70. The summed E-state index contributed by atoms with van der Waals surface area (Å²) in [7, 11) is 0. The predicted octanol–water partition coefficient (Wildman–Crippen LogP) is 2.82. The smallest absolute Gasteiger partial charge is 0.307 e. The molecule has 1 amide bonds. The largest absolute Gasteiger partial charge is 0.466 e. The van der Waals surface area contributed by atoms with E-state index in [1.165, 1.54) is 23.1 Å². The SMILES string of the molecule is CCOC(=O)CCN(Cc1ccccn1)C(=O)c1cccc(F)c1. The van der Waals surface area contributed by atoms with Gasteiger partial charge in [0.25, 0.3) is 5.91 Å². The molecular weight excluding hydrogens is 311 g/mol. The Hall–Kier alpha value is -2.76. The lowest BCUT2D eigenvalue weighted by Gasteiger charge is -2.22. The van der Waals surface area contributed by atoms with E-state index < -0.39 is 5.82 Å². The Morgan fingerprint density at radius 2 is 2.04 bits per heavy atom. The van der Waals surface area contributed by atoms with Gasteiger partial charge in [-0.2, -0.15) is 0 Å². The molecule has 0 atom stereocenters. The third-order valence-electron chi connectivity index (χ3n) is 3.33. The lowest BCUT2D eigenvalue weighted by Crippen LogP contribution is -2.33. The summed E-state index contributed by atoms with van der Waals surface area (Å²) in [6.45, 7) is 2.42. The second-order valence-corrected chi connectivity index (χ2v) is 5.11. The van der Waals surface area contributed by atoms with Gasteiger partial charge in [0.15, 0.2) is 0 Å². The van der Waals surface area contributed by atoms with Crippen molar-refractivity contribution in [2.75, 3.05) is 13.2 Å². The maximum Gasteiger partial charge on any atom is 0.307 e. The summed E-state index contributed by atoms with van der Waals surface area (Å²) in [6.07, 6.45) is 1.70. The van der Waals surface area contributed by atoms with Gasteiger partial charge in [-0.1, -0.05) is 12.1 Å². The summed E-state index contributed by atoms with van der Waals surface area (Å²) < 4.78 is 18.3. The molecule has 2 aromatic rings. The molecule has 0 saturated heterocycles. The van der Waals surface area contributed by atoms with Crippen LogP contribution in [0.5, 0.6) is 0 Å². The molecule has 0 bridgehead atoms. The van der Waals surface area contributed by atoms with Crippen LogP contribution < -0.4 is 0 Å². The van der Waals surface area contributed by atoms with Gasteiger partial charge in [0.1, 0.15) is 5.82 Å². The summed E-state index contributed by atoms with van der Waals surface area (Å²) in [5.41, 5.74) is 0.918. The fourth-order valence-electron chi connectivity index (χ4n) is 2.20. The first kappa shape index (κ1) is 17.6. The van der Waals surface area contributed by atoms with Crippen molar-refractivity contribution in [3.05, 3.63) is 65.7 Å². The lowest BCUT2D eigenvalue weighted by atomic mass is 10.1. The number of halogens is 1. The van der Waals surface area contributed by atoms with Gasteiger partial charge in [-0.3, -0.25) is 14.6 Å². The highest BCUT2D eigenvalue weighted by atomic mass is 19.1. The van der Waals surface area contributed by atoms with Crippen molar-refractivity contribution in [3.8, 4) is 0 Å². The average Bonchev–Trinajstić information content (AvgIpc) is 2.59. The van der Waals surface area contributed by atoms with Crippen molar-refractivity contribution in [3.63, 3.8) is 0 Å². The van der Waals surface area contributed by atoms with Gasteiger partial charge in [-0.05, 0) is 37.3 Å². The molecule has 0 N–H and O–H groups in total. The zero-order valence-electron chi connectivity index (χ0n) is 13.4. The number of carbonyl (C=O) groups is 2. The fraction of sp³-hybridized carbons (Fsp3) is 0.278. The van der Waals surface area contributed by atoms with Gasteiger partial charge in [0.2, 0.25) is 0 Å². The highest BCUT2D eigenvalue weighted by Crippen LogP contribution is 2.11. The van der Waals surface area contributed by atoms with Crippen LogP contribution >= 0.6 is 0 Å². The summed E-state index contributed by atoms with van der Waals surface area (Å²) in [5.74, 6) is -1.22. The molecule has 6 heteroatoms. The lowest BCUT2D eigenvalue weighted by molar-refractivity contribution is -0.143. The van der Waals surface area contributed by atoms with Crippen LogP contribution in [0.1, 0.15) is 29.4 Å². The van der Waals surface area contributed by atoms with Crippen LogP contribution in [0.25, 0.3) is 0 Å². The number of aromatic nitrogens is 1. The van der Waals surface area contributed by atoms with Gasteiger partial charge in [-0.15, -0.1) is 0 Å². The number of rotatable bonds is 7. The third-order valence-corrected chi connectivity index (χ3v) is 3.33. The number of pyridine rings is 1. The Morgan fingerprint density at radius 1 is 1.21 bits per heavy atom. The van der Waals surface area contributed by atoms with E-state index in [4.69, 9.17) is 4.74 Å². The summed E-state index contributed by atoms with van der Waals surface area (Å²) in [5, 5.41) is 0. The van der Waals surface area contributed by atoms with E-state index in [-0.39, 0.29) is 43.6 Å². The summed E-state index contributed by atoms with van der Waals surface area (Å²) in [6, 6.07) is 10.9. The molecule has 0 spiro atoms. The van der Waals surface area contributed by atoms with Crippen LogP contribution in [-0.4, -0.2) is 34.9 Å². The first-order valence-electron chi connectivity index (χ1n) is 7.70. The van der Waals surface area contributed by atoms with Crippen LogP contribution in [0.2, 0.25) is 0 Å². The normalized spacial score (nSPS) is 10.2. The van der Waals surface area contributed by atoms with Crippen LogP contribution in [0, 0.1) is 5.82 Å². The molecule has 126 valence electrons. The number of hydrogen-bond acceptors (Lipinski definition) is 4. The van der Waals surface area contributed by atoms with Gasteiger partial charge < -0.3 is 9.64 Å². The molecule has 0 unspecified atom stereocenters. The molecule has 0 saturated carbocycles. The Kier molecular flexibility index (Phi) is 6.42. The van der Waals surface area contributed by atoms with Crippen LogP contribution in [0.15, 0.2) is 48.7 Å². The van der Waals surface area contributed by atoms with Crippen molar-refractivity contribution in [2.45, 2.75) is 19.9 Å². The summed E-state index contributed by atoms with van der Waals surface area (Å²) >= 11 is 0. The minimum Gasteiger partial charge on any atom is -0.466 e. The van der Waals surface area contributed by atoms with E-state index in [9.17, 15) is 14.0 Å². The van der Waals surface area contributed by atoms with Gasteiger partial charge in [0.05, 0.1) is 25.3 Å². The van der Waals surface area contributed by atoms with Gasteiger partial charge in [0, 0.05) is 18.3 Å². The molecule has 1 aromatic carbocycles. The molecule has 5 nitrogen and oxygen atoms in total. The Labute approximate surface area is 140 Å². The van der Waals surface area contributed by atoms with Crippen LogP contribution in [-0.2, 0) is 16.1 Å². The van der Waals surface area contributed by atoms with E-state index in [1.807, 2.05) is 6.07 Å². The second kappa shape index (κ2) is 8.76. The maximum absolute atomic E-state index is 13.4. The summed E-state index contributed by atoms with van der Waals surface area (Å²) in [4.78, 5) is 29.9. The minimum absolute atomic E-state index is 0.0712. The standard InChI is InChI=1S/C18H19FN2O3/c1-2-24-17(22)9-11-21(13-16-8-3-4-10-20-16)18(23)14-6-5-7-15(19)12-14/h3-8,10,12H,2,9,11,13H2,1H3. The number of hydrogen-bond donors (Lipinski definition) is 0. The molecule has 0 aliphatic heterocycles. The molecule has 1 heterocycles. The Bertz CT molecular complexity index is 692. The first-order chi connectivity index (χ1) is 11.6.